The highest BCUT2D eigenvalue weighted by Crippen LogP contribution is 2.42. The van der Waals surface area contributed by atoms with Crippen LogP contribution in [0.25, 0.3) is 0 Å². The highest BCUT2D eigenvalue weighted by atomic mass is 19.4. The van der Waals surface area contributed by atoms with Crippen LogP contribution in [0.15, 0.2) is 30.3 Å². The van der Waals surface area contributed by atoms with Gasteiger partial charge in [0, 0.05) is 25.7 Å². The van der Waals surface area contributed by atoms with E-state index in [1.165, 1.54) is 13.0 Å². The molecule has 1 atom stereocenters. The van der Waals surface area contributed by atoms with Crippen LogP contribution in [0.2, 0.25) is 0 Å². The Bertz CT molecular complexity index is 1070. The highest BCUT2D eigenvalue weighted by Gasteiger charge is 2.38. The second kappa shape index (κ2) is 9.27. The number of fused-ring (bicyclic) bond motifs is 1. The summed E-state index contributed by atoms with van der Waals surface area (Å²) in [6.45, 7) is 2.03. The summed E-state index contributed by atoms with van der Waals surface area (Å²) in [6, 6.07) is 2.38. The van der Waals surface area contributed by atoms with Crippen LogP contribution in [0.5, 0.6) is 0 Å². The van der Waals surface area contributed by atoms with Crippen LogP contribution in [0.3, 0.4) is 0 Å². The van der Waals surface area contributed by atoms with E-state index in [-0.39, 0.29) is 30.3 Å². The summed E-state index contributed by atoms with van der Waals surface area (Å²) in [4.78, 5) is 13.6. The molecule has 1 N–H and O–H groups in total. The number of anilines is 1. The Morgan fingerprint density at radius 3 is 1.97 bits per heavy atom. The van der Waals surface area contributed by atoms with Gasteiger partial charge in [-0.3, -0.25) is 4.79 Å². The largest absolute Gasteiger partial charge is 0.416 e. The van der Waals surface area contributed by atoms with Crippen LogP contribution in [0.1, 0.15) is 59.2 Å². The predicted octanol–water partition coefficient (Wildman–Crippen LogP) is 7.35. The van der Waals surface area contributed by atoms with Crippen LogP contribution in [-0.2, 0) is 29.9 Å². The molecule has 0 saturated carbocycles. The Morgan fingerprint density at radius 1 is 0.914 bits per heavy atom. The Morgan fingerprint density at radius 2 is 1.49 bits per heavy atom. The van der Waals surface area contributed by atoms with Gasteiger partial charge in [0.05, 0.1) is 22.7 Å². The van der Waals surface area contributed by atoms with Crippen LogP contribution < -0.4 is 5.32 Å². The second-order valence-electron chi connectivity index (χ2n) is 8.40. The molecule has 0 unspecified atom stereocenters. The van der Waals surface area contributed by atoms with Crippen molar-refractivity contribution in [2.24, 2.45) is 0 Å². The molecule has 0 aromatic heterocycles. The Hall–Kier alpha value is -2.92. The molecule has 0 aliphatic carbocycles. The fourth-order valence-electron chi connectivity index (χ4n) is 4.21. The molecule has 1 aliphatic heterocycles. The number of hydrogen-bond donors (Lipinski definition) is 1. The van der Waals surface area contributed by atoms with Crippen molar-refractivity contribution in [1.82, 2.24) is 4.90 Å². The number of aryl methyl sites for hydroxylation is 1. The van der Waals surface area contributed by atoms with Gasteiger partial charge in [0.15, 0.2) is 0 Å². The lowest BCUT2D eigenvalue weighted by molar-refractivity contribution is -0.143. The number of nitrogens with zero attached hydrogens (tertiary/aromatic N) is 1. The van der Waals surface area contributed by atoms with Crippen LogP contribution in [0, 0.1) is 6.92 Å². The first-order chi connectivity index (χ1) is 16.0. The minimum atomic E-state index is -5.05. The third kappa shape index (κ3) is 6.02. The van der Waals surface area contributed by atoms with Crippen molar-refractivity contribution in [1.29, 1.82) is 0 Å². The maximum atomic E-state index is 13.4. The lowest BCUT2D eigenvalue weighted by atomic mass is 9.94. The van der Waals surface area contributed by atoms with Gasteiger partial charge in [-0.15, -0.1) is 0 Å². The molecule has 12 heteroatoms. The van der Waals surface area contributed by atoms with E-state index in [9.17, 15) is 44.3 Å². The third-order valence-corrected chi connectivity index (χ3v) is 5.81. The maximum Gasteiger partial charge on any atom is 0.416 e. The number of alkyl halides is 9. The monoisotopic (exact) mass is 512 g/mol. The van der Waals surface area contributed by atoms with Crippen LogP contribution in [-0.4, -0.2) is 17.4 Å². The summed E-state index contributed by atoms with van der Waals surface area (Å²) in [5, 5.41) is 2.88. The Labute approximate surface area is 194 Å². The fourth-order valence-corrected chi connectivity index (χ4v) is 4.21. The number of carbonyl (C=O) groups excluding carboxylic acids is 1. The van der Waals surface area contributed by atoms with Crippen molar-refractivity contribution >= 4 is 11.6 Å². The smallest absolute Gasteiger partial charge is 0.385 e. The first kappa shape index (κ1) is 26.7. The maximum absolute atomic E-state index is 13.4. The van der Waals surface area contributed by atoms with Gasteiger partial charge >= 0.3 is 18.5 Å². The molecule has 0 radical (unpaired) electrons. The molecule has 0 saturated heterocycles. The topological polar surface area (TPSA) is 32.3 Å². The first-order valence-corrected chi connectivity index (χ1v) is 10.5. The van der Waals surface area contributed by atoms with E-state index in [2.05, 4.69) is 5.32 Å². The zero-order valence-electron chi connectivity index (χ0n) is 18.5. The molecular weight excluding hydrogens is 491 g/mol. The summed E-state index contributed by atoms with van der Waals surface area (Å²) < 4.78 is 120. The number of nitrogens with one attached hydrogen (secondary N) is 1. The molecule has 0 bridgehead atoms. The van der Waals surface area contributed by atoms with Gasteiger partial charge in [0.2, 0.25) is 5.91 Å². The van der Waals surface area contributed by atoms with E-state index in [0.29, 0.717) is 24.1 Å². The van der Waals surface area contributed by atoms with Gasteiger partial charge in [-0.05, 0) is 60.7 Å². The van der Waals surface area contributed by atoms with E-state index in [4.69, 9.17) is 0 Å². The number of amides is 1. The van der Waals surface area contributed by atoms with E-state index in [1.54, 1.807) is 0 Å². The van der Waals surface area contributed by atoms with Crippen molar-refractivity contribution in [3.63, 3.8) is 0 Å². The number of benzene rings is 2. The van der Waals surface area contributed by atoms with Gasteiger partial charge < -0.3 is 10.2 Å². The van der Waals surface area contributed by atoms with Crippen LogP contribution >= 0.6 is 0 Å². The van der Waals surface area contributed by atoms with E-state index in [0.717, 1.165) is 17.9 Å². The van der Waals surface area contributed by atoms with E-state index >= 15 is 0 Å². The van der Waals surface area contributed by atoms with Crippen molar-refractivity contribution in [3.05, 3.63) is 63.7 Å². The zero-order chi connectivity index (χ0) is 26.3. The average molecular weight is 512 g/mol. The molecular formula is C23H21F9N2O. The summed E-state index contributed by atoms with van der Waals surface area (Å²) in [5.74, 6) is -0.647. The van der Waals surface area contributed by atoms with E-state index in [1.807, 2.05) is 0 Å². The molecule has 1 aliphatic rings. The van der Waals surface area contributed by atoms with Crippen LogP contribution in [0.4, 0.5) is 45.2 Å². The summed E-state index contributed by atoms with van der Waals surface area (Å²) >= 11 is 0. The normalized spacial score (nSPS) is 16.8. The quantitative estimate of drug-likeness (QED) is 0.437. The van der Waals surface area contributed by atoms with E-state index < -0.39 is 59.3 Å². The molecule has 0 spiro atoms. The van der Waals surface area contributed by atoms with Gasteiger partial charge in [0.1, 0.15) is 0 Å². The molecule has 1 amide bonds. The average Bonchev–Trinajstić information content (AvgIpc) is 2.91. The SMILES string of the molecule is CC(=O)N(Cc1cc(C(F)(F)F)cc(C(F)(F)F)c1)[C@H]1CCCNc2cc(C(F)(F)F)c(C)cc21. The molecule has 3 nitrogen and oxygen atoms in total. The molecule has 2 aromatic carbocycles. The Kier molecular flexibility index (Phi) is 7.07. The highest BCUT2D eigenvalue weighted by molar-refractivity contribution is 5.74. The van der Waals surface area contributed by atoms with Crippen molar-refractivity contribution in [2.75, 3.05) is 11.9 Å². The second-order valence-corrected chi connectivity index (χ2v) is 8.40. The molecule has 35 heavy (non-hydrogen) atoms. The molecule has 0 fully saturated rings. The number of carbonyl (C=O) groups is 1. The molecule has 1 heterocycles. The predicted molar refractivity (Wildman–Crippen MR) is 109 cm³/mol. The molecule has 2 aromatic rings. The summed E-state index contributed by atoms with van der Waals surface area (Å²) in [7, 11) is 0. The number of hydrogen-bond acceptors (Lipinski definition) is 2. The van der Waals surface area contributed by atoms with Crippen molar-refractivity contribution in [2.45, 2.75) is 57.8 Å². The lowest BCUT2D eigenvalue weighted by Crippen LogP contribution is -2.33. The molecule has 3 rings (SSSR count). The van der Waals surface area contributed by atoms with Gasteiger partial charge in [-0.1, -0.05) is 6.07 Å². The van der Waals surface area contributed by atoms with Gasteiger partial charge in [0.25, 0.3) is 0 Å². The minimum Gasteiger partial charge on any atom is -0.385 e. The standard InChI is InChI=1S/C23H21F9N2O/c1-12-6-17-19(10-18(12)23(30,31)32)33-5-3-4-20(17)34(13(2)35)11-14-7-15(21(24,25)26)9-16(8-14)22(27,28)29/h6-10,20,33H,3-5,11H2,1-2H3/t20-/m0/s1. The summed E-state index contributed by atoms with van der Waals surface area (Å²) in [5.41, 5.74) is -4.01. The van der Waals surface area contributed by atoms with Gasteiger partial charge in [-0.2, -0.15) is 39.5 Å². The Balaban J connectivity index is 2.09. The third-order valence-electron chi connectivity index (χ3n) is 5.81. The molecule has 192 valence electrons. The fraction of sp³-hybridized carbons (Fsp3) is 0.435. The minimum absolute atomic E-state index is 0.00545. The van der Waals surface area contributed by atoms with Crippen molar-refractivity contribution in [3.8, 4) is 0 Å². The van der Waals surface area contributed by atoms with Gasteiger partial charge in [-0.25, -0.2) is 0 Å². The number of rotatable bonds is 3. The first-order valence-electron chi connectivity index (χ1n) is 10.5. The lowest BCUT2D eigenvalue weighted by Gasteiger charge is -2.32. The number of halogens is 9. The summed E-state index contributed by atoms with van der Waals surface area (Å²) in [6.07, 6.45) is -14.1. The van der Waals surface area contributed by atoms with Crippen molar-refractivity contribution < 1.29 is 44.3 Å². The zero-order valence-corrected chi connectivity index (χ0v) is 18.5.